The van der Waals surface area contributed by atoms with E-state index in [4.69, 9.17) is 0 Å². The Morgan fingerprint density at radius 2 is 2.00 bits per heavy atom. The van der Waals surface area contributed by atoms with Gasteiger partial charge < -0.3 is 10.6 Å². The maximum Gasteiger partial charge on any atom is 0.259 e. The molecule has 0 unspecified atom stereocenters. The van der Waals surface area contributed by atoms with E-state index in [-0.39, 0.29) is 17.9 Å². The molecule has 30 heavy (non-hydrogen) atoms. The molecule has 3 aromatic rings. The summed E-state index contributed by atoms with van der Waals surface area (Å²) in [4.78, 5) is 29.4. The van der Waals surface area contributed by atoms with Crippen LogP contribution in [-0.2, 0) is 0 Å². The number of aryl methyl sites for hydroxylation is 1. The number of benzene rings is 1. The van der Waals surface area contributed by atoms with Crippen LogP contribution in [0.3, 0.4) is 0 Å². The number of rotatable bonds is 5. The SMILES string of the molecule is Cc1ccc(C(=O)NC2CC2)cc1NC(=O)c1cnn(-c2ncccc2C#N)c1C. The number of hydrogen-bond donors (Lipinski definition) is 2. The Morgan fingerprint density at radius 3 is 2.73 bits per heavy atom. The van der Waals surface area contributed by atoms with Crippen molar-refractivity contribution in [2.45, 2.75) is 32.7 Å². The molecule has 0 saturated heterocycles. The smallest absolute Gasteiger partial charge is 0.259 e. The maximum atomic E-state index is 12.9. The van der Waals surface area contributed by atoms with Crippen LogP contribution < -0.4 is 10.6 Å². The molecular weight excluding hydrogens is 380 g/mol. The number of carbonyl (C=O) groups is 2. The minimum Gasteiger partial charge on any atom is -0.349 e. The zero-order chi connectivity index (χ0) is 21.3. The number of amides is 2. The number of aromatic nitrogens is 3. The number of anilines is 1. The second-order valence-corrected chi connectivity index (χ2v) is 7.27. The summed E-state index contributed by atoms with van der Waals surface area (Å²) in [6, 6.07) is 10.9. The van der Waals surface area contributed by atoms with Crippen molar-refractivity contribution in [3.05, 3.63) is 70.7 Å². The van der Waals surface area contributed by atoms with Gasteiger partial charge in [-0.25, -0.2) is 9.67 Å². The lowest BCUT2D eigenvalue weighted by Gasteiger charge is -2.11. The highest BCUT2D eigenvalue weighted by Crippen LogP contribution is 2.22. The predicted molar refractivity (Wildman–Crippen MR) is 110 cm³/mol. The lowest BCUT2D eigenvalue weighted by atomic mass is 10.1. The summed E-state index contributed by atoms with van der Waals surface area (Å²) in [7, 11) is 0. The fourth-order valence-electron chi connectivity index (χ4n) is 3.08. The first-order chi connectivity index (χ1) is 14.5. The monoisotopic (exact) mass is 400 g/mol. The largest absolute Gasteiger partial charge is 0.349 e. The summed E-state index contributed by atoms with van der Waals surface area (Å²) in [6.07, 6.45) is 5.03. The van der Waals surface area contributed by atoms with Crippen molar-refractivity contribution in [2.75, 3.05) is 5.32 Å². The molecule has 0 atom stereocenters. The van der Waals surface area contributed by atoms with Crippen molar-refractivity contribution in [2.24, 2.45) is 0 Å². The van der Waals surface area contributed by atoms with E-state index in [1.165, 1.54) is 10.9 Å². The molecule has 1 saturated carbocycles. The molecule has 0 spiro atoms. The highest BCUT2D eigenvalue weighted by molar-refractivity contribution is 6.06. The van der Waals surface area contributed by atoms with Crippen LogP contribution in [0.25, 0.3) is 5.82 Å². The number of nitriles is 1. The lowest BCUT2D eigenvalue weighted by molar-refractivity contribution is 0.0949. The van der Waals surface area contributed by atoms with E-state index in [1.54, 1.807) is 43.5 Å². The van der Waals surface area contributed by atoms with Crippen molar-refractivity contribution >= 4 is 17.5 Å². The van der Waals surface area contributed by atoms with Gasteiger partial charge in [0.15, 0.2) is 5.82 Å². The van der Waals surface area contributed by atoms with Crippen LogP contribution in [0, 0.1) is 25.2 Å². The molecule has 150 valence electrons. The summed E-state index contributed by atoms with van der Waals surface area (Å²) in [6.45, 7) is 3.60. The Labute approximate surface area is 173 Å². The molecule has 2 amide bonds. The van der Waals surface area contributed by atoms with Gasteiger partial charge in [-0.15, -0.1) is 0 Å². The Morgan fingerprint density at radius 1 is 1.20 bits per heavy atom. The second-order valence-electron chi connectivity index (χ2n) is 7.27. The van der Waals surface area contributed by atoms with Crippen LogP contribution in [0.15, 0.2) is 42.7 Å². The number of hydrogen-bond acceptors (Lipinski definition) is 5. The van der Waals surface area contributed by atoms with Crippen molar-refractivity contribution in [1.82, 2.24) is 20.1 Å². The van der Waals surface area contributed by atoms with Gasteiger partial charge in [0.05, 0.1) is 23.0 Å². The van der Waals surface area contributed by atoms with Crippen molar-refractivity contribution in [1.29, 1.82) is 5.26 Å². The molecule has 4 rings (SSSR count). The van der Waals surface area contributed by atoms with E-state index in [9.17, 15) is 14.9 Å². The maximum absolute atomic E-state index is 12.9. The van der Waals surface area contributed by atoms with E-state index in [0.29, 0.717) is 33.9 Å². The molecule has 0 bridgehead atoms. The first-order valence-electron chi connectivity index (χ1n) is 9.61. The van der Waals surface area contributed by atoms with Crippen molar-refractivity contribution < 1.29 is 9.59 Å². The van der Waals surface area contributed by atoms with Crippen LogP contribution in [-0.4, -0.2) is 32.6 Å². The molecule has 2 N–H and O–H groups in total. The Balaban J connectivity index is 1.58. The number of pyridine rings is 1. The van der Waals surface area contributed by atoms with Gasteiger partial charge in [-0.1, -0.05) is 6.07 Å². The first-order valence-corrected chi connectivity index (χ1v) is 9.61. The third-order valence-corrected chi connectivity index (χ3v) is 5.02. The minimum atomic E-state index is -0.351. The number of nitrogens with one attached hydrogen (secondary N) is 2. The van der Waals surface area contributed by atoms with E-state index in [0.717, 1.165) is 18.4 Å². The van der Waals surface area contributed by atoms with Gasteiger partial charge in [-0.2, -0.15) is 10.4 Å². The summed E-state index contributed by atoms with van der Waals surface area (Å²) >= 11 is 0. The third-order valence-electron chi connectivity index (χ3n) is 5.02. The normalized spacial score (nSPS) is 12.8. The summed E-state index contributed by atoms with van der Waals surface area (Å²) in [5.74, 6) is -0.126. The third kappa shape index (κ3) is 3.78. The van der Waals surface area contributed by atoms with Gasteiger partial charge >= 0.3 is 0 Å². The Kier molecular flexibility index (Phi) is 5.02. The lowest BCUT2D eigenvalue weighted by Crippen LogP contribution is -2.25. The fourth-order valence-corrected chi connectivity index (χ4v) is 3.08. The van der Waals surface area contributed by atoms with Gasteiger partial charge in [-0.3, -0.25) is 9.59 Å². The Hall–Kier alpha value is -3.99. The molecule has 0 aliphatic heterocycles. The van der Waals surface area contributed by atoms with E-state index in [2.05, 4.69) is 26.8 Å². The van der Waals surface area contributed by atoms with E-state index in [1.807, 2.05) is 6.92 Å². The topological polar surface area (TPSA) is 113 Å². The summed E-state index contributed by atoms with van der Waals surface area (Å²) < 4.78 is 1.47. The number of carbonyl (C=O) groups excluding carboxylic acids is 2. The molecule has 2 heterocycles. The van der Waals surface area contributed by atoms with E-state index < -0.39 is 0 Å². The van der Waals surface area contributed by atoms with Crippen LogP contribution in [0.5, 0.6) is 0 Å². The van der Waals surface area contributed by atoms with Crippen LogP contribution in [0.4, 0.5) is 5.69 Å². The van der Waals surface area contributed by atoms with Crippen LogP contribution >= 0.6 is 0 Å². The molecule has 1 fully saturated rings. The molecule has 2 aromatic heterocycles. The zero-order valence-electron chi connectivity index (χ0n) is 16.6. The minimum absolute atomic E-state index is 0.142. The molecular formula is C22H20N6O2. The zero-order valence-corrected chi connectivity index (χ0v) is 16.6. The standard InChI is InChI=1S/C22H20N6O2/c1-13-5-6-15(21(29)26-17-7-8-17)10-19(13)27-22(30)18-12-25-28(14(18)2)20-16(11-23)4-3-9-24-20/h3-6,9-10,12,17H,7-8H2,1-2H3,(H,26,29)(H,27,30). The first kappa shape index (κ1) is 19.3. The summed E-state index contributed by atoms with van der Waals surface area (Å²) in [5, 5.41) is 19.4. The van der Waals surface area contributed by atoms with Gasteiger partial charge in [0, 0.05) is 23.5 Å². The average molecular weight is 400 g/mol. The molecule has 1 aliphatic carbocycles. The van der Waals surface area contributed by atoms with Crippen molar-refractivity contribution in [3.63, 3.8) is 0 Å². The van der Waals surface area contributed by atoms with Crippen LogP contribution in [0.1, 0.15) is 50.4 Å². The van der Waals surface area contributed by atoms with E-state index >= 15 is 0 Å². The molecule has 1 aliphatic rings. The van der Waals surface area contributed by atoms with Crippen LogP contribution in [0.2, 0.25) is 0 Å². The quantitative estimate of drug-likeness (QED) is 0.684. The Bertz CT molecular complexity index is 1190. The van der Waals surface area contributed by atoms with Gasteiger partial charge in [-0.05, 0) is 56.5 Å². The van der Waals surface area contributed by atoms with Gasteiger partial charge in [0.2, 0.25) is 0 Å². The van der Waals surface area contributed by atoms with Gasteiger partial charge in [0.25, 0.3) is 11.8 Å². The van der Waals surface area contributed by atoms with Gasteiger partial charge in [0.1, 0.15) is 6.07 Å². The molecule has 0 radical (unpaired) electrons. The average Bonchev–Trinajstić information content (AvgIpc) is 3.48. The molecule has 8 nitrogen and oxygen atoms in total. The summed E-state index contributed by atoms with van der Waals surface area (Å²) in [5.41, 5.74) is 3.18. The highest BCUT2D eigenvalue weighted by Gasteiger charge is 2.24. The second kappa shape index (κ2) is 7.79. The number of nitrogens with zero attached hydrogens (tertiary/aromatic N) is 4. The molecule has 1 aromatic carbocycles. The predicted octanol–water partition coefficient (Wildman–Crippen LogP) is 2.90. The molecule has 8 heteroatoms. The van der Waals surface area contributed by atoms with Crippen molar-refractivity contribution in [3.8, 4) is 11.9 Å². The fraction of sp³-hybridized carbons (Fsp3) is 0.227. The highest BCUT2D eigenvalue weighted by atomic mass is 16.2.